The van der Waals surface area contributed by atoms with E-state index in [1.165, 1.54) is 25.5 Å². The van der Waals surface area contributed by atoms with Gasteiger partial charge in [0, 0.05) is 32.2 Å². The third-order valence-corrected chi connectivity index (χ3v) is 4.78. The van der Waals surface area contributed by atoms with Crippen molar-refractivity contribution in [2.75, 3.05) is 32.7 Å². The van der Waals surface area contributed by atoms with Gasteiger partial charge in [0.2, 0.25) is 0 Å². The molecule has 1 atom stereocenters. The van der Waals surface area contributed by atoms with Crippen LogP contribution in [0.5, 0.6) is 0 Å². The van der Waals surface area contributed by atoms with Crippen LogP contribution in [0.4, 0.5) is 4.39 Å². The zero-order chi connectivity index (χ0) is 18.1. The first-order valence-electron chi connectivity index (χ1n) is 9.59. The van der Waals surface area contributed by atoms with Crippen LogP contribution in [0.15, 0.2) is 29.3 Å². The van der Waals surface area contributed by atoms with E-state index in [4.69, 9.17) is 4.99 Å². The van der Waals surface area contributed by atoms with E-state index in [2.05, 4.69) is 36.3 Å². The molecule has 0 aromatic heterocycles. The van der Waals surface area contributed by atoms with Crippen molar-refractivity contribution in [3.05, 3.63) is 35.6 Å². The first-order chi connectivity index (χ1) is 12.1. The Bertz CT molecular complexity index is 550. The lowest BCUT2D eigenvalue weighted by molar-refractivity contribution is 0.143. The molecule has 148 valence electrons. The Hall–Kier alpha value is -0.890. The summed E-state index contributed by atoms with van der Waals surface area (Å²) >= 11 is 0. The number of benzene rings is 1. The fourth-order valence-electron chi connectivity index (χ4n) is 3.29. The Morgan fingerprint density at radius 3 is 2.77 bits per heavy atom. The summed E-state index contributed by atoms with van der Waals surface area (Å²) < 4.78 is 13.7. The number of halogens is 2. The number of piperidine rings is 1. The van der Waals surface area contributed by atoms with Gasteiger partial charge in [0.15, 0.2) is 5.96 Å². The van der Waals surface area contributed by atoms with E-state index in [1.54, 1.807) is 6.07 Å². The molecule has 26 heavy (non-hydrogen) atoms. The molecule has 0 bridgehead atoms. The van der Waals surface area contributed by atoms with Crippen LogP contribution >= 0.6 is 24.0 Å². The smallest absolute Gasteiger partial charge is 0.191 e. The van der Waals surface area contributed by atoms with Crippen molar-refractivity contribution >= 4 is 29.9 Å². The third kappa shape index (κ3) is 7.78. The van der Waals surface area contributed by atoms with E-state index in [1.807, 2.05) is 12.1 Å². The van der Waals surface area contributed by atoms with E-state index >= 15 is 0 Å². The monoisotopic (exact) mass is 476 g/mol. The Morgan fingerprint density at radius 2 is 2.08 bits per heavy atom. The molecule has 0 aliphatic carbocycles. The second-order valence-electron chi connectivity index (χ2n) is 7.08. The van der Waals surface area contributed by atoms with Crippen molar-refractivity contribution in [3.63, 3.8) is 0 Å². The van der Waals surface area contributed by atoms with Crippen molar-refractivity contribution < 1.29 is 4.39 Å². The van der Waals surface area contributed by atoms with E-state index in [0.29, 0.717) is 24.9 Å². The second-order valence-corrected chi connectivity index (χ2v) is 7.08. The predicted octanol–water partition coefficient (Wildman–Crippen LogP) is 3.66. The van der Waals surface area contributed by atoms with E-state index in [9.17, 15) is 4.39 Å². The number of likely N-dealkylation sites (tertiary alicyclic amines) is 1. The van der Waals surface area contributed by atoms with Crippen LogP contribution in [-0.2, 0) is 6.42 Å². The van der Waals surface area contributed by atoms with E-state index in [0.717, 1.165) is 31.2 Å². The maximum Gasteiger partial charge on any atom is 0.191 e. The number of aliphatic imine (C=N–C) groups is 1. The minimum Gasteiger partial charge on any atom is -0.357 e. The Kier molecular flexibility index (Phi) is 11.1. The Balaban J connectivity index is 0.00000338. The highest BCUT2D eigenvalue weighted by Gasteiger charge is 2.21. The lowest BCUT2D eigenvalue weighted by Gasteiger charge is -2.34. The third-order valence-electron chi connectivity index (χ3n) is 4.78. The normalized spacial score (nSPS) is 18.5. The van der Waals surface area contributed by atoms with Gasteiger partial charge >= 0.3 is 0 Å². The summed E-state index contributed by atoms with van der Waals surface area (Å²) in [5.41, 5.74) is 0.741. The molecular weight excluding hydrogens is 442 g/mol. The SMILES string of the molecule is CCNC(=NCC1CCCN(C(C)C)C1)NCCc1ccccc1F.I. The predicted molar refractivity (Wildman–Crippen MR) is 119 cm³/mol. The minimum atomic E-state index is -0.137. The fraction of sp³-hybridized carbons (Fsp3) is 0.650. The summed E-state index contributed by atoms with van der Waals surface area (Å²) in [6.45, 7) is 11.3. The van der Waals surface area contributed by atoms with Crippen LogP contribution in [0, 0.1) is 11.7 Å². The zero-order valence-corrected chi connectivity index (χ0v) is 18.6. The molecule has 1 saturated heterocycles. The zero-order valence-electron chi connectivity index (χ0n) is 16.3. The molecule has 1 aromatic rings. The molecule has 4 nitrogen and oxygen atoms in total. The molecule has 2 N–H and O–H groups in total. The number of rotatable bonds is 7. The first-order valence-corrected chi connectivity index (χ1v) is 9.59. The van der Waals surface area contributed by atoms with Gasteiger partial charge in [-0.15, -0.1) is 24.0 Å². The summed E-state index contributed by atoms with van der Waals surface area (Å²) in [5.74, 6) is 1.32. The van der Waals surface area contributed by atoms with Crippen molar-refractivity contribution in [3.8, 4) is 0 Å². The van der Waals surface area contributed by atoms with Crippen molar-refractivity contribution in [2.45, 2.75) is 46.1 Å². The molecule has 1 heterocycles. The lowest BCUT2D eigenvalue weighted by Crippen LogP contribution is -2.42. The lowest BCUT2D eigenvalue weighted by atomic mass is 9.97. The highest BCUT2D eigenvalue weighted by atomic mass is 127. The largest absolute Gasteiger partial charge is 0.357 e. The summed E-state index contributed by atoms with van der Waals surface area (Å²) in [4.78, 5) is 7.30. The standard InChI is InChI=1S/C20H33FN4.HI/c1-4-22-20(23-12-11-18-9-5-6-10-19(18)21)24-14-17-8-7-13-25(15-17)16(2)3;/h5-6,9-10,16-17H,4,7-8,11-15H2,1-3H3,(H2,22,23,24);1H. The highest BCUT2D eigenvalue weighted by molar-refractivity contribution is 14.0. The van der Waals surface area contributed by atoms with E-state index < -0.39 is 0 Å². The average molecular weight is 476 g/mol. The van der Waals surface area contributed by atoms with E-state index in [-0.39, 0.29) is 29.8 Å². The summed E-state index contributed by atoms with van der Waals surface area (Å²) in [7, 11) is 0. The second kappa shape index (κ2) is 12.5. The van der Waals surface area contributed by atoms with Gasteiger partial charge in [-0.2, -0.15) is 0 Å². The summed E-state index contributed by atoms with van der Waals surface area (Å²) in [5, 5.41) is 6.62. The van der Waals surface area contributed by atoms with Gasteiger partial charge in [-0.25, -0.2) is 4.39 Å². The molecule has 2 rings (SSSR count). The molecule has 0 spiro atoms. The maximum absolute atomic E-state index is 13.7. The maximum atomic E-state index is 13.7. The van der Waals surface area contributed by atoms with Crippen molar-refractivity contribution in [1.29, 1.82) is 0 Å². The molecule has 0 radical (unpaired) electrons. The van der Waals surface area contributed by atoms with Crippen LogP contribution in [0.3, 0.4) is 0 Å². The van der Waals surface area contributed by atoms with Crippen LogP contribution in [0.1, 0.15) is 39.2 Å². The number of guanidine groups is 1. The Labute approximate surface area is 175 Å². The molecule has 1 fully saturated rings. The van der Waals surface area contributed by atoms with Gasteiger partial charge in [0.05, 0.1) is 0 Å². The minimum absolute atomic E-state index is 0. The van der Waals surface area contributed by atoms with Gasteiger partial charge in [-0.05, 0) is 64.1 Å². The van der Waals surface area contributed by atoms with Gasteiger partial charge in [-0.1, -0.05) is 18.2 Å². The number of hydrogen-bond donors (Lipinski definition) is 2. The fourth-order valence-corrected chi connectivity index (χ4v) is 3.29. The van der Waals surface area contributed by atoms with Gasteiger partial charge in [0.25, 0.3) is 0 Å². The number of nitrogens with one attached hydrogen (secondary N) is 2. The Morgan fingerprint density at radius 1 is 1.31 bits per heavy atom. The van der Waals surface area contributed by atoms with Crippen LogP contribution in [-0.4, -0.2) is 49.6 Å². The number of nitrogens with zero attached hydrogens (tertiary/aromatic N) is 2. The van der Waals surface area contributed by atoms with Gasteiger partial charge < -0.3 is 15.5 Å². The van der Waals surface area contributed by atoms with Crippen LogP contribution in [0.2, 0.25) is 0 Å². The summed E-state index contributed by atoms with van der Waals surface area (Å²) in [6.07, 6.45) is 3.17. The molecule has 1 unspecified atom stereocenters. The molecule has 0 amide bonds. The van der Waals surface area contributed by atoms with Crippen LogP contribution in [0.25, 0.3) is 0 Å². The molecular formula is C20H34FIN4. The summed E-state index contributed by atoms with van der Waals surface area (Å²) in [6, 6.07) is 7.56. The van der Waals surface area contributed by atoms with Gasteiger partial charge in [-0.3, -0.25) is 4.99 Å². The molecule has 6 heteroatoms. The van der Waals surface area contributed by atoms with Gasteiger partial charge in [0.1, 0.15) is 5.82 Å². The molecule has 0 saturated carbocycles. The van der Waals surface area contributed by atoms with Crippen LogP contribution < -0.4 is 10.6 Å². The van der Waals surface area contributed by atoms with Crippen molar-refractivity contribution in [2.24, 2.45) is 10.9 Å². The number of hydrogen-bond acceptors (Lipinski definition) is 2. The molecule has 1 aliphatic rings. The highest BCUT2D eigenvalue weighted by Crippen LogP contribution is 2.18. The first kappa shape index (κ1) is 23.1. The van der Waals surface area contributed by atoms with Crippen molar-refractivity contribution in [1.82, 2.24) is 15.5 Å². The molecule has 1 aromatic carbocycles. The average Bonchev–Trinajstić information content (AvgIpc) is 2.61. The quantitative estimate of drug-likeness (QED) is 0.359. The molecule has 1 aliphatic heterocycles. The topological polar surface area (TPSA) is 39.7 Å².